The number of aromatic nitrogens is 2. The van der Waals surface area contributed by atoms with Gasteiger partial charge in [0.1, 0.15) is 6.10 Å². The molecule has 4 fully saturated rings. The van der Waals surface area contributed by atoms with Crippen molar-refractivity contribution in [3.8, 4) is 0 Å². The Hall–Kier alpha value is -2.66. The van der Waals surface area contributed by atoms with Gasteiger partial charge >= 0.3 is 5.97 Å². The molecule has 5 nitrogen and oxygen atoms in total. The molecule has 2 aromatic carbocycles. The standard InChI is InChI=1S/C36H47N3O2/c1-24(40)41-34-33(39-23-37-31-12-8-9-13-32(31)39)21-30-28-15-14-26-20-27(38(4)22-25-10-6-5-7-11-25)16-18-35(26,2)29(28)17-19-36(30,34)3/h5-13,23,26-30,33-34H,14-22H2,1-4H3/t26?,27-,28?,29?,30?,33-,34-,35-,36-/m0/s1. The number of ether oxygens (including phenoxy) is 1. The van der Waals surface area contributed by atoms with Crippen LogP contribution in [0.4, 0.5) is 0 Å². The average molecular weight is 554 g/mol. The van der Waals surface area contributed by atoms with Crippen molar-refractivity contribution in [2.75, 3.05) is 7.05 Å². The molecule has 7 rings (SSSR count). The largest absolute Gasteiger partial charge is 0.460 e. The summed E-state index contributed by atoms with van der Waals surface area (Å²) in [6.45, 7) is 7.74. The Morgan fingerprint density at radius 3 is 2.51 bits per heavy atom. The summed E-state index contributed by atoms with van der Waals surface area (Å²) < 4.78 is 8.61. The lowest BCUT2D eigenvalue weighted by atomic mass is 9.45. The van der Waals surface area contributed by atoms with Gasteiger partial charge in [-0.2, -0.15) is 0 Å². The first-order valence-corrected chi connectivity index (χ1v) is 16.1. The van der Waals surface area contributed by atoms with Crippen LogP contribution in [-0.2, 0) is 16.1 Å². The van der Waals surface area contributed by atoms with Crippen LogP contribution in [0.2, 0.25) is 0 Å². The molecule has 9 atom stereocenters. The number of carbonyl (C=O) groups excluding carboxylic acids is 1. The fourth-order valence-electron chi connectivity index (χ4n) is 10.5. The summed E-state index contributed by atoms with van der Waals surface area (Å²) in [5, 5.41) is 0. The topological polar surface area (TPSA) is 47.4 Å². The molecule has 4 aliphatic carbocycles. The maximum atomic E-state index is 12.5. The highest BCUT2D eigenvalue weighted by Crippen LogP contribution is 2.68. The highest BCUT2D eigenvalue weighted by Gasteiger charge is 2.64. The Morgan fingerprint density at radius 2 is 1.71 bits per heavy atom. The minimum atomic E-state index is -0.151. The minimum Gasteiger partial charge on any atom is -0.460 e. The molecule has 0 radical (unpaired) electrons. The van der Waals surface area contributed by atoms with E-state index in [0.717, 1.165) is 42.3 Å². The minimum absolute atomic E-state index is 0.0131. The third-order valence-electron chi connectivity index (χ3n) is 12.6. The van der Waals surface area contributed by atoms with Gasteiger partial charge in [-0.25, -0.2) is 4.98 Å². The van der Waals surface area contributed by atoms with Gasteiger partial charge in [-0.3, -0.25) is 9.69 Å². The number of fused-ring (bicyclic) bond motifs is 6. The summed E-state index contributed by atoms with van der Waals surface area (Å²) in [5.41, 5.74) is 4.03. The van der Waals surface area contributed by atoms with Crippen LogP contribution in [0.15, 0.2) is 60.9 Å². The first-order valence-electron chi connectivity index (χ1n) is 16.1. The Kier molecular flexibility index (Phi) is 6.80. The van der Waals surface area contributed by atoms with Crippen molar-refractivity contribution in [2.45, 2.75) is 96.9 Å². The second kappa shape index (κ2) is 10.3. The van der Waals surface area contributed by atoms with Crippen LogP contribution >= 0.6 is 0 Å². The normalized spacial score (nSPS) is 38.3. The average Bonchev–Trinajstić information content (AvgIpc) is 3.51. The van der Waals surface area contributed by atoms with Gasteiger partial charge in [-0.15, -0.1) is 0 Å². The maximum absolute atomic E-state index is 12.5. The number of imidazole rings is 1. The zero-order valence-electron chi connectivity index (χ0n) is 25.3. The van der Waals surface area contributed by atoms with Crippen molar-refractivity contribution in [3.05, 3.63) is 66.5 Å². The van der Waals surface area contributed by atoms with E-state index in [1.165, 1.54) is 44.1 Å². The van der Waals surface area contributed by atoms with Crippen LogP contribution in [0.25, 0.3) is 11.0 Å². The van der Waals surface area contributed by atoms with E-state index in [0.29, 0.717) is 23.3 Å². The first-order chi connectivity index (χ1) is 19.8. The summed E-state index contributed by atoms with van der Waals surface area (Å²) in [7, 11) is 2.34. The zero-order chi connectivity index (χ0) is 28.4. The lowest BCUT2D eigenvalue weighted by molar-refractivity contribution is -0.164. The van der Waals surface area contributed by atoms with E-state index in [-0.39, 0.29) is 23.5 Å². The molecule has 0 aliphatic heterocycles. The van der Waals surface area contributed by atoms with Gasteiger partial charge in [0.15, 0.2) is 0 Å². The number of hydrogen-bond acceptors (Lipinski definition) is 4. The Labute approximate surface area is 245 Å². The van der Waals surface area contributed by atoms with Crippen LogP contribution in [0.1, 0.15) is 83.7 Å². The molecule has 4 saturated carbocycles. The molecule has 0 saturated heterocycles. The molecule has 4 unspecified atom stereocenters. The third-order valence-corrected chi connectivity index (χ3v) is 12.6. The van der Waals surface area contributed by atoms with E-state index in [1.54, 1.807) is 6.92 Å². The van der Waals surface area contributed by atoms with E-state index < -0.39 is 0 Å². The van der Waals surface area contributed by atoms with Gasteiger partial charge in [-0.1, -0.05) is 56.3 Å². The summed E-state index contributed by atoms with van der Waals surface area (Å²) >= 11 is 0. The maximum Gasteiger partial charge on any atom is 0.302 e. The van der Waals surface area contributed by atoms with Gasteiger partial charge in [0.2, 0.25) is 0 Å². The van der Waals surface area contributed by atoms with E-state index in [1.807, 2.05) is 6.33 Å². The van der Waals surface area contributed by atoms with Gasteiger partial charge < -0.3 is 9.30 Å². The highest BCUT2D eigenvalue weighted by molar-refractivity contribution is 5.75. The second-order valence-corrected chi connectivity index (χ2v) is 14.5. The van der Waals surface area contributed by atoms with Crippen molar-refractivity contribution in [1.82, 2.24) is 14.5 Å². The molecule has 1 heterocycles. The molecule has 4 aliphatic rings. The van der Waals surface area contributed by atoms with Crippen LogP contribution < -0.4 is 0 Å². The number of hydrogen-bond donors (Lipinski definition) is 0. The number of rotatable bonds is 5. The molecule has 41 heavy (non-hydrogen) atoms. The highest BCUT2D eigenvalue weighted by atomic mass is 16.5. The third kappa shape index (κ3) is 4.45. The first kappa shape index (κ1) is 27.2. The van der Waals surface area contributed by atoms with E-state index in [4.69, 9.17) is 9.72 Å². The summed E-state index contributed by atoms with van der Waals surface area (Å²) in [4.78, 5) is 19.8. The van der Waals surface area contributed by atoms with E-state index >= 15 is 0 Å². The van der Waals surface area contributed by atoms with Gasteiger partial charge in [0, 0.05) is 24.9 Å². The second-order valence-electron chi connectivity index (χ2n) is 14.5. The summed E-state index contributed by atoms with van der Waals surface area (Å²) in [6.07, 6.45) is 12.1. The van der Waals surface area contributed by atoms with Gasteiger partial charge in [0.05, 0.1) is 23.4 Å². The van der Waals surface area contributed by atoms with E-state index in [2.05, 4.69) is 85.0 Å². The molecule has 0 amide bonds. The van der Waals surface area contributed by atoms with Gasteiger partial charge in [-0.05, 0) is 105 Å². The Balaban J connectivity index is 1.13. The fourth-order valence-corrected chi connectivity index (χ4v) is 10.5. The van der Waals surface area contributed by atoms with Crippen molar-refractivity contribution in [3.63, 3.8) is 0 Å². The molecular formula is C36H47N3O2. The van der Waals surface area contributed by atoms with Crippen LogP contribution in [0.3, 0.4) is 0 Å². The van der Waals surface area contributed by atoms with E-state index in [9.17, 15) is 4.79 Å². The SMILES string of the molecule is CC(=O)O[C@H]1[C@@H](n2cnc3ccccc32)CC2C3CCC4C[C@@H](N(C)Cc5ccccc5)CC[C@]4(C)C3CC[C@@]21C. The van der Waals surface area contributed by atoms with Crippen LogP contribution in [0.5, 0.6) is 0 Å². The van der Waals surface area contributed by atoms with Crippen molar-refractivity contribution in [1.29, 1.82) is 0 Å². The molecule has 3 aromatic rings. The number of carbonyl (C=O) groups is 1. The van der Waals surface area contributed by atoms with Crippen molar-refractivity contribution >= 4 is 17.0 Å². The van der Waals surface area contributed by atoms with Crippen LogP contribution in [-0.4, -0.2) is 39.6 Å². The Morgan fingerprint density at radius 1 is 0.951 bits per heavy atom. The lowest BCUT2D eigenvalue weighted by Gasteiger charge is -2.61. The molecule has 1 aromatic heterocycles. The summed E-state index contributed by atoms with van der Waals surface area (Å²) in [6, 6.07) is 20.2. The monoisotopic (exact) mass is 553 g/mol. The van der Waals surface area contributed by atoms with Crippen LogP contribution in [0, 0.1) is 34.5 Å². The summed E-state index contributed by atoms with van der Waals surface area (Å²) in [5.74, 6) is 2.72. The quantitative estimate of drug-likeness (QED) is 0.304. The number of benzene rings is 2. The predicted octanol–water partition coefficient (Wildman–Crippen LogP) is 7.66. The zero-order valence-corrected chi connectivity index (χ0v) is 25.3. The van der Waals surface area contributed by atoms with Gasteiger partial charge in [0.25, 0.3) is 0 Å². The number of nitrogens with zero attached hydrogens (tertiary/aromatic N) is 3. The van der Waals surface area contributed by atoms with Crippen molar-refractivity contribution < 1.29 is 9.53 Å². The Bertz CT molecular complexity index is 1400. The lowest BCUT2D eigenvalue weighted by Crippen LogP contribution is -2.55. The number of esters is 1. The predicted molar refractivity (Wildman–Crippen MR) is 163 cm³/mol. The molecule has 5 heteroatoms. The molecular weight excluding hydrogens is 506 g/mol. The van der Waals surface area contributed by atoms with Crippen molar-refractivity contribution in [2.24, 2.45) is 34.5 Å². The molecule has 0 N–H and O–H groups in total. The smallest absolute Gasteiger partial charge is 0.302 e. The molecule has 0 spiro atoms. The molecule has 218 valence electrons. The number of para-hydroxylation sites is 2. The molecule has 0 bridgehead atoms. The fraction of sp³-hybridized carbons (Fsp3) is 0.611.